The molecule has 89 valence electrons. The molecule has 0 saturated heterocycles. The second-order valence-electron chi connectivity index (χ2n) is 2.81. The lowest BCUT2D eigenvalue weighted by Gasteiger charge is -2.29. The van der Waals surface area contributed by atoms with Gasteiger partial charge in [-0.3, -0.25) is 0 Å². The normalized spacial score (nSPS) is 13.9. The number of hydrogen-bond acceptors (Lipinski definition) is 1. The van der Waals surface area contributed by atoms with Gasteiger partial charge >= 0.3 is 18.0 Å². The van der Waals surface area contributed by atoms with Crippen molar-refractivity contribution in [3.63, 3.8) is 0 Å². The van der Waals surface area contributed by atoms with E-state index in [4.69, 9.17) is 0 Å². The first-order valence-electron chi connectivity index (χ1n) is 3.76. The van der Waals surface area contributed by atoms with E-state index in [2.05, 4.69) is 4.98 Å². The van der Waals surface area contributed by atoms with Gasteiger partial charge in [-0.15, -0.1) is 0 Å². The Labute approximate surface area is 84.9 Å². The summed E-state index contributed by atoms with van der Waals surface area (Å²) in [6.07, 6.45) is -10.5. The standard InChI is InChI=1S/C8H3F7N/c9-6(7(10,11)12,8(13,14)15)5-3-1-2-4-16-5/h1-3H. The number of rotatable bonds is 1. The first-order chi connectivity index (χ1) is 7.11. The Hall–Kier alpha value is -1.34. The minimum absolute atomic E-state index is 0.303. The molecular weight excluding hydrogens is 243 g/mol. The molecular formula is C8H3F7N. The van der Waals surface area contributed by atoms with E-state index >= 15 is 0 Å². The van der Waals surface area contributed by atoms with Crippen LogP contribution in [0.1, 0.15) is 5.69 Å². The van der Waals surface area contributed by atoms with Crippen molar-refractivity contribution in [3.8, 4) is 0 Å². The lowest BCUT2D eigenvalue weighted by Crippen LogP contribution is -2.50. The zero-order valence-corrected chi connectivity index (χ0v) is 7.33. The molecule has 0 aliphatic carbocycles. The molecule has 1 nitrogen and oxygen atoms in total. The number of halogens is 7. The number of pyridine rings is 1. The fourth-order valence-electron chi connectivity index (χ4n) is 0.969. The van der Waals surface area contributed by atoms with Crippen LogP contribution in [-0.2, 0) is 5.67 Å². The summed E-state index contributed by atoms with van der Waals surface area (Å²) >= 11 is 0. The van der Waals surface area contributed by atoms with Gasteiger partial charge in [0, 0.05) is 0 Å². The van der Waals surface area contributed by atoms with Gasteiger partial charge in [0.15, 0.2) is 0 Å². The molecule has 0 atom stereocenters. The molecule has 0 bridgehead atoms. The number of hydrogen-bond donors (Lipinski definition) is 0. The summed E-state index contributed by atoms with van der Waals surface area (Å²) in [6.45, 7) is 0. The summed E-state index contributed by atoms with van der Waals surface area (Å²) in [5.41, 5.74) is -7.26. The summed E-state index contributed by atoms with van der Waals surface area (Å²) < 4.78 is 86.0. The molecule has 1 heterocycles. The van der Waals surface area contributed by atoms with Gasteiger partial charge in [0.05, 0.1) is 11.9 Å². The van der Waals surface area contributed by atoms with Gasteiger partial charge in [-0.25, -0.2) is 9.37 Å². The van der Waals surface area contributed by atoms with Crippen molar-refractivity contribution in [2.45, 2.75) is 18.0 Å². The Kier molecular flexibility index (Phi) is 2.86. The molecule has 1 radical (unpaired) electrons. The highest BCUT2D eigenvalue weighted by Gasteiger charge is 2.74. The van der Waals surface area contributed by atoms with E-state index in [1.54, 1.807) is 6.20 Å². The fraction of sp³-hybridized carbons (Fsp3) is 0.375. The van der Waals surface area contributed by atoms with Crippen LogP contribution in [-0.4, -0.2) is 17.3 Å². The van der Waals surface area contributed by atoms with E-state index in [0.29, 0.717) is 6.07 Å². The highest BCUT2D eigenvalue weighted by molar-refractivity contribution is 5.18. The quantitative estimate of drug-likeness (QED) is 0.693. The van der Waals surface area contributed by atoms with E-state index in [-0.39, 0.29) is 0 Å². The number of alkyl halides is 7. The Balaban J connectivity index is 3.39. The molecule has 0 saturated carbocycles. The first-order valence-corrected chi connectivity index (χ1v) is 3.76. The summed E-state index contributed by atoms with van der Waals surface area (Å²) in [6, 6.07) is 2.04. The van der Waals surface area contributed by atoms with Crippen molar-refractivity contribution in [2.75, 3.05) is 0 Å². The molecule has 0 unspecified atom stereocenters. The van der Waals surface area contributed by atoms with Crippen molar-refractivity contribution in [1.29, 1.82) is 0 Å². The Morgan fingerprint density at radius 3 is 1.75 bits per heavy atom. The lowest BCUT2D eigenvalue weighted by atomic mass is 10.00. The van der Waals surface area contributed by atoms with E-state index in [1.165, 1.54) is 0 Å². The molecule has 0 aromatic carbocycles. The molecule has 1 rings (SSSR count). The van der Waals surface area contributed by atoms with Gasteiger partial charge in [0.1, 0.15) is 0 Å². The zero-order chi connectivity index (χ0) is 12.6. The van der Waals surface area contributed by atoms with Crippen LogP contribution >= 0.6 is 0 Å². The molecule has 0 aliphatic rings. The average Bonchev–Trinajstić information content (AvgIpc) is 2.14. The van der Waals surface area contributed by atoms with E-state index in [9.17, 15) is 30.7 Å². The maximum atomic E-state index is 13.2. The van der Waals surface area contributed by atoms with Crippen LogP contribution < -0.4 is 0 Å². The molecule has 0 amide bonds. The molecule has 1 aromatic heterocycles. The van der Waals surface area contributed by atoms with Gasteiger partial charge in [-0.05, 0) is 12.1 Å². The zero-order valence-electron chi connectivity index (χ0n) is 7.33. The highest BCUT2D eigenvalue weighted by Crippen LogP contribution is 2.52. The summed E-state index contributed by atoms with van der Waals surface area (Å²) in [5.74, 6) is 0. The first kappa shape index (κ1) is 12.7. The summed E-state index contributed by atoms with van der Waals surface area (Å²) in [7, 11) is 0. The Morgan fingerprint density at radius 2 is 1.44 bits per heavy atom. The van der Waals surface area contributed by atoms with Crippen LogP contribution in [0.4, 0.5) is 30.7 Å². The third-order valence-electron chi connectivity index (χ3n) is 1.74. The van der Waals surface area contributed by atoms with Gasteiger partial charge in [-0.2, -0.15) is 26.3 Å². The number of nitrogens with zero attached hydrogens (tertiary/aromatic N) is 1. The number of aromatic nitrogens is 1. The SMILES string of the molecule is FC(F)(F)C(F)(c1ccc[c]n1)C(F)(F)F. The minimum atomic E-state index is -6.13. The molecule has 0 aliphatic heterocycles. The molecule has 16 heavy (non-hydrogen) atoms. The fourth-order valence-corrected chi connectivity index (χ4v) is 0.969. The summed E-state index contributed by atoms with van der Waals surface area (Å²) in [5, 5.41) is 0. The van der Waals surface area contributed by atoms with Crippen molar-refractivity contribution in [3.05, 3.63) is 30.1 Å². The van der Waals surface area contributed by atoms with Gasteiger partial charge < -0.3 is 0 Å². The maximum Gasteiger partial charge on any atom is 0.437 e. The average molecular weight is 246 g/mol. The maximum absolute atomic E-state index is 13.2. The Bertz CT molecular complexity index is 339. The van der Waals surface area contributed by atoms with Crippen LogP contribution in [0.3, 0.4) is 0 Å². The van der Waals surface area contributed by atoms with Crippen molar-refractivity contribution >= 4 is 0 Å². The third-order valence-corrected chi connectivity index (χ3v) is 1.74. The molecule has 1 aromatic rings. The second kappa shape index (κ2) is 3.60. The van der Waals surface area contributed by atoms with Crippen LogP contribution in [0.2, 0.25) is 0 Å². The van der Waals surface area contributed by atoms with Crippen LogP contribution in [0.5, 0.6) is 0 Å². The van der Waals surface area contributed by atoms with Gasteiger partial charge in [-0.1, -0.05) is 6.07 Å². The lowest BCUT2D eigenvalue weighted by molar-refractivity contribution is -0.350. The third kappa shape index (κ3) is 1.83. The van der Waals surface area contributed by atoms with Crippen molar-refractivity contribution in [1.82, 2.24) is 4.98 Å². The molecule has 0 N–H and O–H groups in total. The predicted octanol–water partition coefficient (Wildman–Crippen LogP) is 3.17. The van der Waals surface area contributed by atoms with Crippen LogP contribution in [0, 0.1) is 6.20 Å². The van der Waals surface area contributed by atoms with Crippen molar-refractivity contribution < 1.29 is 30.7 Å². The Morgan fingerprint density at radius 1 is 0.938 bits per heavy atom. The van der Waals surface area contributed by atoms with Crippen LogP contribution in [0.25, 0.3) is 0 Å². The van der Waals surface area contributed by atoms with Gasteiger partial charge in [0.2, 0.25) is 0 Å². The predicted molar refractivity (Wildman–Crippen MR) is 38.0 cm³/mol. The molecule has 0 fully saturated rings. The van der Waals surface area contributed by atoms with E-state index in [1.807, 2.05) is 0 Å². The molecule has 8 heteroatoms. The summed E-state index contributed by atoms with van der Waals surface area (Å²) in [4.78, 5) is 2.64. The second-order valence-corrected chi connectivity index (χ2v) is 2.81. The van der Waals surface area contributed by atoms with Crippen LogP contribution in [0.15, 0.2) is 18.2 Å². The highest BCUT2D eigenvalue weighted by atomic mass is 19.4. The van der Waals surface area contributed by atoms with E-state index in [0.717, 1.165) is 12.1 Å². The largest absolute Gasteiger partial charge is 0.437 e. The van der Waals surface area contributed by atoms with Gasteiger partial charge in [0.25, 0.3) is 0 Å². The molecule has 0 spiro atoms. The topological polar surface area (TPSA) is 12.9 Å². The monoisotopic (exact) mass is 246 g/mol. The van der Waals surface area contributed by atoms with E-state index < -0.39 is 23.7 Å². The minimum Gasteiger partial charge on any atom is -0.247 e. The van der Waals surface area contributed by atoms with Crippen molar-refractivity contribution in [2.24, 2.45) is 0 Å². The smallest absolute Gasteiger partial charge is 0.247 e.